The van der Waals surface area contributed by atoms with Gasteiger partial charge in [0.2, 0.25) is 0 Å². The predicted molar refractivity (Wildman–Crippen MR) is 60.2 cm³/mol. The smallest absolute Gasteiger partial charge is 0.0737 e. The highest BCUT2D eigenvalue weighted by molar-refractivity contribution is 7.99. The van der Waals surface area contributed by atoms with Gasteiger partial charge in [-0.25, -0.2) is 0 Å². The molecular weight excluding hydrogens is 180 g/mol. The van der Waals surface area contributed by atoms with Crippen LogP contribution in [0.15, 0.2) is 0 Å². The summed E-state index contributed by atoms with van der Waals surface area (Å²) in [5.74, 6) is 2.96. The molecule has 0 saturated heterocycles. The fourth-order valence-corrected chi connectivity index (χ4v) is 3.21. The average molecular weight is 202 g/mol. The van der Waals surface area contributed by atoms with Crippen LogP contribution in [0.1, 0.15) is 46.0 Å². The molecule has 78 valence electrons. The molecule has 0 aromatic rings. The van der Waals surface area contributed by atoms with E-state index in [-0.39, 0.29) is 5.60 Å². The maximum atomic E-state index is 10.0. The molecule has 0 bridgehead atoms. The van der Waals surface area contributed by atoms with Gasteiger partial charge in [0.05, 0.1) is 5.60 Å². The summed E-state index contributed by atoms with van der Waals surface area (Å²) < 4.78 is 0. The van der Waals surface area contributed by atoms with Crippen LogP contribution in [-0.2, 0) is 0 Å². The van der Waals surface area contributed by atoms with Gasteiger partial charge in [0.25, 0.3) is 0 Å². The fraction of sp³-hybridized carbons (Fsp3) is 1.00. The molecule has 1 nitrogen and oxygen atoms in total. The summed E-state index contributed by atoms with van der Waals surface area (Å²) in [4.78, 5) is 0. The zero-order chi connectivity index (χ0) is 9.73. The molecule has 0 spiro atoms. The second-order valence-corrected chi connectivity index (χ2v) is 5.77. The van der Waals surface area contributed by atoms with Crippen LogP contribution >= 0.6 is 11.8 Å². The first-order valence-corrected chi connectivity index (χ1v) is 6.58. The molecule has 0 aromatic carbocycles. The third kappa shape index (κ3) is 4.37. The van der Waals surface area contributed by atoms with E-state index in [4.69, 9.17) is 0 Å². The Morgan fingerprint density at radius 2 is 1.92 bits per heavy atom. The van der Waals surface area contributed by atoms with Crippen LogP contribution in [0.5, 0.6) is 0 Å². The molecule has 0 unspecified atom stereocenters. The number of aliphatic hydroxyl groups is 1. The van der Waals surface area contributed by atoms with E-state index in [1.54, 1.807) is 0 Å². The van der Waals surface area contributed by atoms with Crippen LogP contribution in [-0.4, -0.2) is 22.2 Å². The standard InChI is InChI=1S/C11H22OS/c1-10(2)5-8-13-9-11(12)6-3-4-7-11/h10,12H,3-9H2,1-2H3. The van der Waals surface area contributed by atoms with Gasteiger partial charge < -0.3 is 5.11 Å². The molecule has 1 rings (SSSR count). The Bertz CT molecular complexity index is 139. The van der Waals surface area contributed by atoms with Crippen molar-refractivity contribution in [3.8, 4) is 0 Å². The lowest BCUT2D eigenvalue weighted by Gasteiger charge is -2.21. The highest BCUT2D eigenvalue weighted by Gasteiger charge is 2.30. The van der Waals surface area contributed by atoms with E-state index >= 15 is 0 Å². The van der Waals surface area contributed by atoms with E-state index in [0.717, 1.165) is 24.5 Å². The first-order valence-electron chi connectivity index (χ1n) is 5.42. The molecule has 0 aliphatic heterocycles. The number of hydrogen-bond acceptors (Lipinski definition) is 2. The lowest BCUT2D eigenvalue weighted by Crippen LogP contribution is -2.27. The molecular formula is C11H22OS. The molecule has 13 heavy (non-hydrogen) atoms. The summed E-state index contributed by atoms with van der Waals surface area (Å²) in [6, 6.07) is 0. The number of hydrogen-bond donors (Lipinski definition) is 1. The van der Waals surface area contributed by atoms with Crippen molar-refractivity contribution in [2.24, 2.45) is 5.92 Å². The second kappa shape index (κ2) is 5.26. The van der Waals surface area contributed by atoms with Gasteiger partial charge in [0.15, 0.2) is 0 Å². The Balaban J connectivity index is 2.04. The quantitative estimate of drug-likeness (QED) is 0.691. The number of thioether (sulfide) groups is 1. The molecule has 1 saturated carbocycles. The first-order chi connectivity index (χ1) is 6.12. The van der Waals surface area contributed by atoms with Crippen LogP contribution in [0.25, 0.3) is 0 Å². The molecule has 0 heterocycles. The van der Waals surface area contributed by atoms with Crippen LogP contribution in [0, 0.1) is 5.92 Å². The van der Waals surface area contributed by atoms with Crippen molar-refractivity contribution in [2.45, 2.75) is 51.6 Å². The van der Waals surface area contributed by atoms with Gasteiger partial charge in [0.1, 0.15) is 0 Å². The maximum absolute atomic E-state index is 10.0. The third-order valence-electron chi connectivity index (χ3n) is 2.74. The monoisotopic (exact) mass is 202 g/mol. The molecule has 1 aliphatic carbocycles. The molecule has 2 heteroatoms. The molecule has 0 atom stereocenters. The summed E-state index contributed by atoms with van der Waals surface area (Å²) in [5.41, 5.74) is -0.304. The van der Waals surface area contributed by atoms with Gasteiger partial charge in [0, 0.05) is 5.75 Å². The summed E-state index contributed by atoms with van der Waals surface area (Å²) in [6.45, 7) is 4.51. The lowest BCUT2D eigenvalue weighted by molar-refractivity contribution is 0.0732. The minimum Gasteiger partial charge on any atom is -0.389 e. The molecule has 0 aromatic heterocycles. The largest absolute Gasteiger partial charge is 0.389 e. The summed E-state index contributed by atoms with van der Waals surface area (Å²) >= 11 is 1.93. The molecule has 0 radical (unpaired) electrons. The van der Waals surface area contributed by atoms with Crippen molar-refractivity contribution in [1.82, 2.24) is 0 Å². The minimum atomic E-state index is -0.304. The van der Waals surface area contributed by atoms with Gasteiger partial charge >= 0.3 is 0 Å². The van der Waals surface area contributed by atoms with Crippen molar-refractivity contribution < 1.29 is 5.11 Å². The first kappa shape index (κ1) is 11.4. The third-order valence-corrected chi connectivity index (χ3v) is 4.01. The van der Waals surface area contributed by atoms with E-state index in [1.807, 2.05) is 11.8 Å². The van der Waals surface area contributed by atoms with E-state index in [1.165, 1.54) is 25.0 Å². The fourth-order valence-electron chi connectivity index (χ4n) is 1.76. The van der Waals surface area contributed by atoms with Gasteiger partial charge in [-0.2, -0.15) is 11.8 Å². The molecule has 1 aliphatic rings. The predicted octanol–water partition coefficient (Wildman–Crippen LogP) is 3.07. The Kier molecular flexibility index (Phi) is 4.60. The van der Waals surface area contributed by atoms with Crippen molar-refractivity contribution >= 4 is 11.8 Å². The van der Waals surface area contributed by atoms with Crippen molar-refractivity contribution in [1.29, 1.82) is 0 Å². The SMILES string of the molecule is CC(C)CCSCC1(O)CCCC1. The highest BCUT2D eigenvalue weighted by Crippen LogP contribution is 2.32. The van der Waals surface area contributed by atoms with Gasteiger partial charge in [-0.05, 0) is 30.9 Å². The Morgan fingerprint density at radius 1 is 1.31 bits per heavy atom. The van der Waals surface area contributed by atoms with Crippen LogP contribution < -0.4 is 0 Å². The van der Waals surface area contributed by atoms with Crippen molar-refractivity contribution in [3.05, 3.63) is 0 Å². The summed E-state index contributed by atoms with van der Waals surface area (Å²) in [5, 5.41) is 10.0. The normalized spacial score (nSPS) is 21.2. The van der Waals surface area contributed by atoms with Gasteiger partial charge in [-0.1, -0.05) is 26.7 Å². The number of rotatable bonds is 5. The summed E-state index contributed by atoms with van der Waals surface area (Å²) in [6.07, 6.45) is 5.78. The van der Waals surface area contributed by atoms with Gasteiger partial charge in [-0.15, -0.1) is 0 Å². The van der Waals surface area contributed by atoms with E-state index < -0.39 is 0 Å². The Labute approximate surface area is 86.3 Å². The van der Waals surface area contributed by atoms with Crippen LogP contribution in [0.3, 0.4) is 0 Å². The second-order valence-electron chi connectivity index (χ2n) is 4.67. The van der Waals surface area contributed by atoms with E-state index in [2.05, 4.69) is 13.8 Å². The lowest BCUT2D eigenvalue weighted by atomic mass is 10.1. The average Bonchev–Trinajstić information content (AvgIpc) is 2.47. The van der Waals surface area contributed by atoms with Crippen molar-refractivity contribution in [3.63, 3.8) is 0 Å². The topological polar surface area (TPSA) is 20.2 Å². The van der Waals surface area contributed by atoms with Gasteiger partial charge in [-0.3, -0.25) is 0 Å². The van der Waals surface area contributed by atoms with E-state index in [0.29, 0.717) is 0 Å². The summed E-state index contributed by atoms with van der Waals surface area (Å²) in [7, 11) is 0. The van der Waals surface area contributed by atoms with Crippen LogP contribution in [0.2, 0.25) is 0 Å². The zero-order valence-corrected chi connectivity index (χ0v) is 9.70. The highest BCUT2D eigenvalue weighted by atomic mass is 32.2. The minimum absolute atomic E-state index is 0.304. The van der Waals surface area contributed by atoms with Crippen molar-refractivity contribution in [2.75, 3.05) is 11.5 Å². The van der Waals surface area contributed by atoms with E-state index in [9.17, 15) is 5.11 Å². The Morgan fingerprint density at radius 3 is 2.46 bits per heavy atom. The maximum Gasteiger partial charge on any atom is 0.0737 e. The molecule has 1 fully saturated rings. The molecule has 1 N–H and O–H groups in total. The zero-order valence-electron chi connectivity index (χ0n) is 8.88. The van der Waals surface area contributed by atoms with Crippen LogP contribution in [0.4, 0.5) is 0 Å². The molecule has 0 amide bonds. The Hall–Kier alpha value is 0.310.